The number of carbonyl (C=O) groups is 1. The largest absolute Gasteiger partial charge is 0.272 e. The third-order valence-electron chi connectivity index (χ3n) is 5.15. The Balaban J connectivity index is 1.48. The molecule has 1 heterocycles. The quantitative estimate of drug-likeness (QED) is 0.196. The Hall–Kier alpha value is -3.42. The fourth-order valence-electron chi connectivity index (χ4n) is 3.26. The van der Waals surface area contributed by atoms with E-state index >= 15 is 0 Å². The first kappa shape index (κ1) is 23.7. The van der Waals surface area contributed by atoms with Crippen molar-refractivity contribution in [3.8, 4) is 17.1 Å². The fraction of sp³-hybridized carbons (Fsp3) is 0.154. The van der Waals surface area contributed by atoms with Gasteiger partial charge in [0.1, 0.15) is 0 Å². The topological polar surface area (TPSA) is 72.2 Å². The van der Waals surface area contributed by atoms with Crippen LogP contribution in [0, 0.1) is 6.92 Å². The van der Waals surface area contributed by atoms with E-state index in [4.69, 9.17) is 11.6 Å². The van der Waals surface area contributed by atoms with E-state index in [-0.39, 0.29) is 11.7 Å². The molecule has 0 bridgehead atoms. The van der Waals surface area contributed by atoms with Crippen molar-refractivity contribution < 1.29 is 4.79 Å². The van der Waals surface area contributed by atoms with Crippen molar-refractivity contribution >= 4 is 35.5 Å². The Labute approximate surface area is 208 Å². The van der Waals surface area contributed by atoms with E-state index in [1.54, 1.807) is 6.21 Å². The number of nitrogens with zero attached hydrogens (tertiary/aromatic N) is 4. The van der Waals surface area contributed by atoms with E-state index in [9.17, 15) is 4.79 Å². The first-order valence-electron chi connectivity index (χ1n) is 10.9. The van der Waals surface area contributed by atoms with Crippen LogP contribution in [0.4, 0.5) is 0 Å². The summed E-state index contributed by atoms with van der Waals surface area (Å²) in [6.07, 6.45) is 2.62. The maximum absolute atomic E-state index is 12.4. The number of halogens is 1. The SMILES string of the molecule is CCc1ccc(/C=N/NC(=O)CSc2nnc(-c3ccc(Cl)cc3)n2-c2ccc(C)cc2)cc1. The monoisotopic (exact) mass is 489 g/mol. The van der Waals surface area contributed by atoms with Crippen molar-refractivity contribution in [1.29, 1.82) is 0 Å². The van der Waals surface area contributed by atoms with Crippen LogP contribution in [0.1, 0.15) is 23.6 Å². The van der Waals surface area contributed by atoms with Crippen LogP contribution in [0.15, 0.2) is 83.1 Å². The predicted molar refractivity (Wildman–Crippen MR) is 139 cm³/mol. The van der Waals surface area contributed by atoms with Gasteiger partial charge < -0.3 is 0 Å². The van der Waals surface area contributed by atoms with Gasteiger partial charge in [-0.1, -0.05) is 72.2 Å². The maximum Gasteiger partial charge on any atom is 0.250 e. The Kier molecular flexibility index (Phi) is 7.77. The van der Waals surface area contributed by atoms with Crippen LogP contribution >= 0.6 is 23.4 Å². The summed E-state index contributed by atoms with van der Waals surface area (Å²) in [5.41, 5.74) is 7.71. The van der Waals surface area contributed by atoms with Crippen LogP contribution in [0.2, 0.25) is 5.02 Å². The fourth-order valence-corrected chi connectivity index (χ4v) is 4.13. The van der Waals surface area contributed by atoms with Crippen molar-refractivity contribution in [2.45, 2.75) is 25.4 Å². The highest BCUT2D eigenvalue weighted by molar-refractivity contribution is 7.99. The summed E-state index contributed by atoms with van der Waals surface area (Å²) in [5.74, 6) is 0.603. The second-order valence-electron chi connectivity index (χ2n) is 7.66. The minimum atomic E-state index is -0.224. The molecule has 0 aliphatic rings. The molecule has 3 aromatic carbocycles. The zero-order chi connectivity index (χ0) is 23.9. The normalized spacial score (nSPS) is 11.1. The molecule has 1 N–H and O–H groups in total. The highest BCUT2D eigenvalue weighted by Gasteiger charge is 2.17. The van der Waals surface area contributed by atoms with E-state index < -0.39 is 0 Å². The smallest absolute Gasteiger partial charge is 0.250 e. The maximum atomic E-state index is 12.4. The molecule has 0 aliphatic heterocycles. The van der Waals surface area contributed by atoms with E-state index in [1.807, 2.05) is 72.2 Å². The zero-order valence-corrected chi connectivity index (χ0v) is 20.5. The number of benzene rings is 3. The lowest BCUT2D eigenvalue weighted by atomic mass is 10.1. The Bertz CT molecular complexity index is 1280. The second-order valence-corrected chi connectivity index (χ2v) is 9.04. The number of rotatable bonds is 8. The van der Waals surface area contributed by atoms with Gasteiger partial charge in [0.2, 0.25) is 0 Å². The second kappa shape index (κ2) is 11.1. The molecule has 0 aliphatic carbocycles. The molecule has 4 aromatic rings. The van der Waals surface area contributed by atoms with Gasteiger partial charge in [-0.05, 0) is 60.9 Å². The molecule has 8 heteroatoms. The minimum absolute atomic E-state index is 0.150. The molecule has 0 saturated heterocycles. The lowest BCUT2D eigenvalue weighted by Gasteiger charge is -2.10. The number of nitrogens with one attached hydrogen (secondary N) is 1. The molecule has 4 rings (SSSR count). The minimum Gasteiger partial charge on any atom is -0.272 e. The third kappa shape index (κ3) is 5.92. The summed E-state index contributed by atoms with van der Waals surface area (Å²) in [5, 5.41) is 14.1. The van der Waals surface area contributed by atoms with Crippen molar-refractivity contribution in [2.24, 2.45) is 5.10 Å². The third-order valence-corrected chi connectivity index (χ3v) is 6.33. The average Bonchev–Trinajstić information content (AvgIpc) is 3.28. The van der Waals surface area contributed by atoms with Crippen molar-refractivity contribution in [1.82, 2.24) is 20.2 Å². The highest BCUT2D eigenvalue weighted by atomic mass is 35.5. The molecule has 0 atom stereocenters. The summed E-state index contributed by atoms with van der Waals surface area (Å²) in [6.45, 7) is 4.15. The standard InChI is InChI=1S/C26H24ClN5OS/c1-3-19-6-8-20(9-7-19)16-28-29-24(33)17-34-26-31-30-25(21-10-12-22(27)13-11-21)32(26)23-14-4-18(2)5-15-23/h4-16H,3,17H2,1-2H3,(H,29,33)/b28-16+. The molecule has 0 fully saturated rings. The molecule has 0 saturated carbocycles. The molecular formula is C26H24ClN5OS. The molecule has 172 valence electrons. The van der Waals surface area contributed by atoms with E-state index in [0.717, 1.165) is 28.8 Å². The number of hydrogen-bond donors (Lipinski definition) is 1. The van der Waals surface area contributed by atoms with Crippen molar-refractivity contribution in [3.05, 3.63) is 94.5 Å². The Morgan fingerprint density at radius 3 is 2.41 bits per heavy atom. The number of carbonyl (C=O) groups excluding carboxylic acids is 1. The van der Waals surface area contributed by atoms with E-state index in [2.05, 4.69) is 39.8 Å². The molecule has 1 aromatic heterocycles. The number of amides is 1. The molecule has 0 radical (unpaired) electrons. The van der Waals surface area contributed by atoms with Crippen LogP contribution in [-0.2, 0) is 11.2 Å². The summed E-state index contributed by atoms with van der Waals surface area (Å²) in [7, 11) is 0. The lowest BCUT2D eigenvalue weighted by molar-refractivity contribution is -0.118. The van der Waals surface area contributed by atoms with Gasteiger partial charge in [-0.15, -0.1) is 10.2 Å². The van der Waals surface area contributed by atoms with E-state index in [1.165, 1.54) is 17.3 Å². The van der Waals surface area contributed by atoms with Gasteiger partial charge in [-0.2, -0.15) is 5.10 Å². The lowest BCUT2D eigenvalue weighted by Crippen LogP contribution is -2.20. The summed E-state index contributed by atoms with van der Waals surface area (Å²) in [6, 6.07) is 23.6. The highest BCUT2D eigenvalue weighted by Crippen LogP contribution is 2.28. The van der Waals surface area contributed by atoms with Gasteiger partial charge in [-0.25, -0.2) is 5.43 Å². The van der Waals surface area contributed by atoms with Crippen LogP contribution in [0.25, 0.3) is 17.1 Å². The molecule has 0 spiro atoms. The first-order chi connectivity index (χ1) is 16.5. The van der Waals surface area contributed by atoms with Gasteiger partial charge in [0.25, 0.3) is 5.91 Å². The number of aryl methyl sites for hydroxylation is 2. The van der Waals surface area contributed by atoms with E-state index in [0.29, 0.717) is 16.0 Å². The molecule has 1 amide bonds. The molecular weight excluding hydrogens is 466 g/mol. The average molecular weight is 490 g/mol. The summed E-state index contributed by atoms with van der Waals surface area (Å²) in [4.78, 5) is 12.4. The van der Waals surface area contributed by atoms with Gasteiger partial charge in [0, 0.05) is 16.3 Å². The number of hydrogen-bond acceptors (Lipinski definition) is 5. The van der Waals surface area contributed by atoms with Gasteiger partial charge in [0.15, 0.2) is 11.0 Å². The van der Waals surface area contributed by atoms with Crippen molar-refractivity contribution in [3.63, 3.8) is 0 Å². The number of hydrazone groups is 1. The van der Waals surface area contributed by atoms with Crippen LogP contribution in [0.5, 0.6) is 0 Å². The Morgan fingerprint density at radius 1 is 1.03 bits per heavy atom. The number of aromatic nitrogens is 3. The number of thioether (sulfide) groups is 1. The summed E-state index contributed by atoms with van der Waals surface area (Å²) < 4.78 is 1.94. The van der Waals surface area contributed by atoms with Gasteiger partial charge >= 0.3 is 0 Å². The zero-order valence-electron chi connectivity index (χ0n) is 18.9. The van der Waals surface area contributed by atoms with Gasteiger partial charge in [-0.3, -0.25) is 9.36 Å². The Morgan fingerprint density at radius 2 is 1.74 bits per heavy atom. The van der Waals surface area contributed by atoms with Crippen LogP contribution < -0.4 is 5.43 Å². The van der Waals surface area contributed by atoms with Crippen LogP contribution in [-0.4, -0.2) is 32.6 Å². The molecule has 34 heavy (non-hydrogen) atoms. The molecule has 0 unspecified atom stereocenters. The van der Waals surface area contributed by atoms with Crippen LogP contribution in [0.3, 0.4) is 0 Å². The molecule has 6 nitrogen and oxygen atoms in total. The predicted octanol–water partition coefficient (Wildman–Crippen LogP) is 5.70. The van der Waals surface area contributed by atoms with Gasteiger partial charge in [0.05, 0.1) is 12.0 Å². The first-order valence-corrected chi connectivity index (χ1v) is 12.2. The van der Waals surface area contributed by atoms with Crippen molar-refractivity contribution in [2.75, 3.05) is 5.75 Å². The summed E-state index contributed by atoms with van der Waals surface area (Å²) >= 11 is 7.36.